The number of urea groups is 1. The van der Waals surface area contributed by atoms with Gasteiger partial charge in [-0.15, -0.1) is 0 Å². The fourth-order valence-electron chi connectivity index (χ4n) is 2.45. The summed E-state index contributed by atoms with van der Waals surface area (Å²) in [6.07, 6.45) is 0.343. The van der Waals surface area contributed by atoms with Crippen LogP contribution >= 0.6 is 0 Å². The van der Waals surface area contributed by atoms with Gasteiger partial charge in [-0.3, -0.25) is 0 Å². The molecule has 1 unspecified atom stereocenters. The van der Waals surface area contributed by atoms with Crippen LogP contribution in [0.5, 0.6) is 11.5 Å². The molecule has 0 saturated carbocycles. The van der Waals surface area contributed by atoms with Gasteiger partial charge < -0.3 is 20.1 Å². The number of hydrogen-bond donors (Lipinski definition) is 2. The van der Waals surface area contributed by atoms with Crippen LogP contribution in [0.25, 0.3) is 0 Å². The monoisotopic (exact) mass is 330 g/mol. The van der Waals surface area contributed by atoms with Crippen molar-refractivity contribution in [1.82, 2.24) is 10.6 Å². The number of halogens is 1. The molecule has 2 amide bonds. The van der Waals surface area contributed by atoms with E-state index in [0.717, 1.165) is 5.56 Å². The lowest BCUT2D eigenvalue weighted by Crippen LogP contribution is -2.44. The molecule has 0 radical (unpaired) electrons. The van der Waals surface area contributed by atoms with Gasteiger partial charge in [0.25, 0.3) is 0 Å². The number of ether oxygens (including phenoxy) is 2. The van der Waals surface area contributed by atoms with E-state index in [9.17, 15) is 9.18 Å². The van der Waals surface area contributed by atoms with Gasteiger partial charge in [-0.1, -0.05) is 24.3 Å². The van der Waals surface area contributed by atoms with E-state index in [0.29, 0.717) is 37.6 Å². The lowest BCUT2D eigenvalue weighted by Gasteiger charge is -2.26. The molecular formula is C18H19FN2O3. The molecule has 0 aliphatic carbocycles. The van der Waals surface area contributed by atoms with Gasteiger partial charge in [-0.05, 0) is 36.2 Å². The Morgan fingerprint density at radius 2 is 1.96 bits per heavy atom. The molecule has 0 bridgehead atoms. The Balaban J connectivity index is 1.37. The molecule has 2 N–H and O–H groups in total. The molecule has 126 valence electrons. The van der Waals surface area contributed by atoms with E-state index >= 15 is 0 Å². The van der Waals surface area contributed by atoms with Crippen molar-refractivity contribution in [2.45, 2.75) is 12.5 Å². The largest absolute Gasteiger partial charge is 0.486 e. The molecular weight excluding hydrogens is 311 g/mol. The minimum atomic E-state index is -0.283. The summed E-state index contributed by atoms with van der Waals surface area (Å²) in [6.45, 7) is 1.17. The average Bonchev–Trinajstić information content (AvgIpc) is 2.60. The van der Waals surface area contributed by atoms with Crippen LogP contribution in [0.1, 0.15) is 5.56 Å². The third kappa shape index (κ3) is 4.38. The molecule has 1 heterocycles. The quantitative estimate of drug-likeness (QED) is 0.885. The van der Waals surface area contributed by atoms with Crippen LogP contribution in [0.2, 0.25) is 0 Å². The van der Waals surface area contributed by atoms with Crippen molar-refractivity contribution in [2.24, 2.45) is 0 Å². The van der Waals surface area contributed by atoms with Crippen LogP contribution in [-0.4, -0.2) is 31.8 Å². The number of hydrogen-bond acceptors (Lipinski definition) is 3. The van der Waals surface area contributed by atoms with Gasteiger partial charge in [0.1, 0.15) is 12.4 Å². The predicted molar refractivity (Wildman–Crippen MR) is 87.9 cm³/mol. The summed E-state index contributed by atoms with van der Waals surface area (Å²) in [7, 11) is 0. The maximum absolute atomic E-state index is 13.1. The molecule has 0 spiro atoms. The topological polar surface area (TPSA) is 59.6 Å². The molecule has 0 aromatic heterocycles. The Morgan fingerprint density at radius 3 is 2.79 bits per heavy atom. The maximum Gasteiger partial charge on any atom is 0.314 e. The molecule has 2 aromatic carbocycles. The minimum absolute atomic E-state index is 0.228. The van der Waals surface area contributed by atoms with Crippen molar-refractivity contribution in [3.8, 4) is 11.5 Å². The molecule has 6 heteroatoms. The molecule has 0 fully saturated rings. The molecule has 24 heavy (non-hydrogen) atoms. The van der Waals surface area contributed by atoms with Crippen LogP contribution in [-0.2, 0) is 6.42 Å². The number of para-hydroxylation sites is 2. The number of benzene rings is 2. The van der Waals surface area contributed by atoms with Gasteiger partial charge in [0.2, 0.25) is 0 Å². The summed E-state index contributed by atoms with van der Waals surface area (Å²) in [5.41, 5.74) is 0.843. The number of fused-ring (bicyclic) bond motifs is 1. The van der Waals surface area contributed by atoms with Crippen molar-refractivity contribution < 1.29 is 18.7 Å². The van der Waals surface area contributed by atoms with Gasteiger partial charge in [-0.2, -0.15) is 0 Å². The van der Waals surface area contributed by atoms with Crippen LogP contribution in [0, 0.1) is 5.82 Å². The summed E-state index contributed by atoms with van der Waals surface area (Å²) in [6, 6.07) is 13.5. The zero-order chi connectivity index (χ0) is 16.8. The Hall–Kier alpha value is -2.76. The van der Waals surface area contributed by atoms with Crippen molar-refractivity contribution in [1.29, 1.82) is 0 Å². The first-order valence-corrected chi connectivity index (χ1v) is 7.85. The van der Waals surface area contributed by atoms with E-state index in [4.69, 9.17) is 9.47 Å². The van der Waals surface area contributed by atoms with E-state index in [1.54, 1.807) is 6.07 Å². The summed E-state index contributed by atoms with van der Waals surface area (Å²) >= 11 is 0. The Morgan fingerprint density at radius 1 is 1.12 bits per heavy atom. The minimum Gasteiger partial charge on any atom is -0.486 e. The Bertz CT molecular complexity index is 708. The summed E-state index contributed by atoms with van der Waals surface area (Å²) in [5.74, 6) is 1.13. The Kier molecular flexibility index (Phi) is 5.15. The molecule has 3 rings (SSSR count). The molecule has 1 atom stereocenters. The standard InChI is InChI=1S/C18H19FN2O3/c19-14-5-3-4-13(10-14)8-9-20-18(22)21-11-15-12-23-16-6-1-2-7-17(16)24-15/h1-7,10,15H,8-9,11-12H2,(H2,20,21,22). The van der Waals surface area contributed by atoms with E-state index in [1.165, 1.54) is 12.1 Å². The van der Waals surface area contributed by atoms with Crippen LogP contribution in [0.15, 0.2) is 48.5 Å². The normalized spacial score (nSPS) is 15.6. The Labute approximate surface area is 139 Å². The second kappa shape index (κ2) is 7.68. The molecule has 2 aromatic rings. The number of nitrogens with one attached hydrogen (secondary N) is 2. The van der Waals surface area contributed by atoms with Crippen LogP contribution < -0.4 is 20.1 Å². The fourth-order valence-corrected chi connectivity index (χ4v) is 2.45. The van der Waals surface area contributed by atoms with Gasteiger partial charge in [0.05, 0.1) is 6.54 Å². The highest BCUT2D eigenvalue weighted by molar-refractivity contribution is 5.73. The van der Waals surface area contributed by atoms with Gasteiger partial charge in [0, 0.05) is 6.54 Å². The summed E-state index contributed by atoms with van der Waals surface area (Å²) in [4.78, 5) is 11.8. The van der Waals surface area contributed by atoms with Crippen molar-refractivity contribution in [3.63, 3.8) is 0 Å². The maximum atomic E-state index is 13.1. The van der Waals surface area contributed by atoms with Crippen molar-refractivity contribution in [3.05, 3.63) is 59.9 Å². The molecule has 0 saturated heterocycles. The van der Waals surface area contributed by atoms with Gasteiger partial charge in [0.15, 0.2) is 17.6 Å². The van der Waals surface area contributed by atoms with E-state index in [2.05, 4.69) is 10.6 Å². The zero-order valence-electron chi connectivity index (χ0n) is 13.1. The number of rotatable bonds is 5. The summed E-state index contributed by atoms with van der Waals surface area (Å²) < 4.78 is 24.4. The van der Waals surface area contributed by atoms with Gasteiger partial charge in [-0.25, -0.2) is 9.18 Å². The lowest BCUT2D eigenvalue weighted by atomic mass is 10.1. The predicted octanol–water partition coefficient (Wildman–Crippen LogP) is 2.51. The average molecular weight is 330 g/mol. The highest BCUT2D eigenvalue weighted by Gasteiger charge is 2.20. The first-order valence-electron chi connectivity index (χ1n) is 7.85. The van der Waals surface area contributed by atoms with Crippen molar-refractivity contribution >= 4 is 6.03 Å². The van der Waals surface area contributed by atoms with E-state index in [-0.39, 0.29) is 18.0 Å². The van der Waals surface area contributed by atoms with E-state index < -0.39 is 0 Å². The molecule has 1 aliphatic heterocycles. The van der Waals surface area contributed by atoms with E-state index in [1.807, 2.05) is 30.3 Å². The second-order valence-corrected chi connectivity index (χ2v) is 5.51. The first-order chi connectivity index (χ1) is 11.7. The smallest absolute Gasteiger partial charge is 0.314 e. The van der Waals surface area contributed by atoms with Crippen LogP contribution in [0.4, 0.5) is 9.18 Å². The van der Waals surface area contributed by atoms with Crippen LogP contribution in [0.3, 0.4) is 0 Å². The summed E-state index contributed by atoms with van der Waals surface area (Å²) in [5, 5.41) is 5.49. The third-order valence-electron chi connectivity index (χ3n) is 3.65. The fraction of sp³-hybridized carbons (Fsp3) is 0.278. The molecule has 5 nitrogen and oxygen atoms in total. The molecule has 1 aliphatic rings. The number of carbonyl (C=O) groups excluding carboxylic acids is 1. The highest BCUT2D eigenvalue weighted by Crippen LogP contribution is 2.30. The lowest BCUT2D eigenvalue weighted by molar-refractivity contribution is 0.0918. The highest BCUT2D eigenvalue weighted by atomic mass is 19.1. The zero-order valence-corrected chi connectivity index (χ0v) is 13.1. The number of amides is 2. The SMILES string of the molecule is O=C(NCCc1cccc(F)c1)NCC1COc2ccccc2O1. The first kappa shape index (κ1) is 16.1. The van der Waals surface area contributed by atoms with Crippen molar-refractivity contribution in [2.75, 3.05) is 19.7 Å². The second-order valence-electron chi connectivity index (χ2n) is 5.51. The van der Waals surface area contributed by atoms with Gasteiger partial charge >= 0.3 is 6.03 Å². The third-order valence-corrected chi connectivity index (χ3v) is 3.65. The number of carbonyl (C=O) groups is 1.